The molecule has 18 heavy (non-hydrogen) atoms. The van der Waals surface area contributed by atoms with Gasteiger partial charge in [0.05, 0.1) is 11.6 Å². The van der Waals surface area contributed by atoms with E-state index in [-0.39, 0.29) is 0 Å². The van der Waals surface area contributed by atoms with Gasteiger partial charge < -0.3 is 4.74 Å². The van der Waals surface area contributed by atoms with Crippen molar-refractivity contribution in [2.75, 3.05) is 7.11 Å². The zero-order valence-corrected chi connectivity index (χ0v) is 14.1. The second kappa shape index (κ2) is 6.42. The predicted molar refractivity (Wildman–Crippen MR) is 83.5 cm³/mol. The maximum absolute atomic E-state index is 5.28. The number of alkyl halides is 1. The first-order valence-corrected chi connectivity index (χ1v) is 8.30. The van der Waals surface area contributed by atoms with Gasteiger partial charge in [-0.05, 0) is 58.3 Å². The first-order valence-electron chi connectivity index (χ1n) is 6.59. The predicted octanol–water partition coefficient (Wildman–Crippen LogP) is 5.72. The van der Waals surface area contributed by atoms with Crippen LogP contribution in [0.3, 0.4) is 0 Å². The molecule has 1 aromatic carbocycles. The van der Waals surface area contributed by atoms with Crippen LogP contribution < -0.4 is 4.74 Å². The van der Waals surface area contributed by atoms with Gasteiger partial charge in [0.25, 0.3) is 0 Å². The average molecular weight is 376 g/mol. The van der Waals surface area contributed by atoms with Gasteiger partial charge >= 0.3 is 0 Å². The van der Waals surface area contributed by atoms with Gasteiger partial charge in [0.15, 0.2) is 0 Å². The number of rotatable bonds is 3. The molecule has 0 aromatic heterocycles. The third kappa shape index (κ3) is 3.30. The summed E-state index contributed by atoms with van der Waals surface area (Å²) >= 11 is 7.45. The molecule has 0 heterocycles. The Kier molecular flexibility index (Phi) is 5.14. The fraction of sp³-hybridized carbons (Fsp3) is 0.600. The smallest absolute Gasteiger partial charge is 0.133 e. The molecule has 3 heteroatoms. The summed E-state index contributed by atoms with van der Waals surface area (Å²) in [6.45, 7) is 2.36. The molecule has 0 amide bonds. The third-order valence-electron chi connectivity index (χ3n) is 3.97. The molecular weight excluding hydrogens is 356 g/mol. The molecule has 1 nitrogen and oxygen atoms in total. The Hall–Kier alpha value is -0.0200. The lowest BCUT2D eigenvalue weighted by molar-refractivity contribution is 0.287. The van der Waals surface area contributed by atoms with Crippen LogP contribution in [0.4, 0.5) is 0 Å². The summed E-state index contributed by atoms with van der Waals surface area (Å²) in [6.07, 6.45) is 5.40. The molecule has 0 bridgehead atoms. The molecule has 1 fully saturated rings. The average Bonchev–Trinajstić information content (AvgIpc) is 2.38. The molecule has 0 radical (unpaired) electrons. The topological polar surface area (TPSA) is 9.23 Å². The van der Waals surface area contributed by atoms with Crippen LogP contribution in [0.5, 0.6) is 5.75 Å². The highest BCUT2D eigenvalue weighted by Crippen LogP contribution is 2.42. The molecule has 1 aliphatic carbocycles. The highest BCUT2D eigenvalue weighted by molar-refractivity contribution is 9.10. The van der Waals surface area contributed by atoms with Crippen molar-refractivity contribution in [1.82, 2.24) is 0 Å². The van der Waals surface area contributed by atoms with E-state index in [1.165, 1.54) is 31.2 Å². The van der Waals surface area contributed by atoms with Crippen LogP contribution in [0.25, 0.3) is 0 Å². The van der Waals surface area contributed by atoms with Gasteiger partial charge in [0.2, 0.25) is 0 Å². The first kappa shape index (κ1) is 14.4. The summed E-state index contributed by atoms with van der Waals surface area (Å²) in [5.41, 5.74) is 1.35. The molecule has 1 aromatic rings. The molecule has 2 rings (SSSR count). The Morgan fingerprint density at radius 3 is 2.44 bits per heavy atom. The van der Waals surface area contributed by atoms with Gasteiger partial charge in [0.1, 0.15) is 5.75 Å². The van der Waals surface area contributed by atoms with E-state index in [2.05, 4.69) is 50.9 Å². The van der Waals surface area contributed by atoms with Crippen molar-refractivity contribution in [3.05, 3.63) is 28.2 Å². The van der Waals surface area contributed by atoms with Crippen molar-refractivity contribution in [1.29, 1.82) is 0 Å². The molecule has 0 N–H and O–H groups in total. The van der Waals surface area contributed by atoms with Crippen LogP contribution in [-0.4, -0.2) is 7.11 Å². The number of methoxy groups -OCH3 is 1. The molecule has 100 valence electrons. The van der Waals surface area contributed by atoms with Crippen molar-refractivity contribution < 1.29 is 4.74 Å². The van der Waals surface area contributed by atoms with Crippen LogP contribution in [-0.2, 0) is 0 Å². The third-order valence-corrected chi connectivity index (χ3v) is 5.86. The maximum Gasteiger partial charge on any atom is 0.133 e. The van der Waals surface area contributed by atoms with Crippen LogP contribution in [0.2, 0.25) is 0 Å². The minimum atomic E-state index is 0.465. The lowest BCUT2D eigenvalue weighted by atomic mass is 9.80. The van der Waals surface area contributed by atoms with Crippen LogP contribution in [0.15, 0.2) is 22.7 Å². The van der Waals surface area contributed by atoms with Crippen molar-refractivity contribution in [3.8, 4) is 5.75 Å². The first-order chi connectivity index (χ1) is 8.61. The quantitative estimate of drug-likeness (QED) is 0.614. The number of hydrogen-bond donors (Lipinski definition) is 0. The molecule has 1 atom stereocenters. The zero-order valence-electron chi connectivity index (χ0n) is 11.0. The van der Waals surface area contributed by atoms with E-state index in [1.54, 1.807) is 7.11 Å². The number of ether oxygens (including phenoxy) is 1. The fourth-order valence-electron chi connectivity index (χ4n) is 2.70. The van der Waals surface area contributed by atoms with E-state index >= 15 is 0 Å². The van der Waals surface area contributed by atoms with E-state index in [0.717, 1.165) is 22.1 Å². The maximum atomic E-state index is 5.28. The Bertz CT molecular complexity index is 397. The lowest BCUT2D eigenvalue weighted by Crippen LogP contribution is -2.16. The van der Waals surface area contributed by atoms with Gasteiger partial charge in [0, 0.05) is 4.83 Å². The van der Waals surface area contributed by atoms with Gasteiger partial charge in [-0.3, -0.25) is 0 Å². The minimum Gasteiger partial charge on any atom is -0.496 e. The normalized spacial score (nSPS) is 25.8. The molecule has 0 aliphatic heterocycles. The molecular formula is C15H20Br2O. The van der Waals surface area contributed by atoms with Crippen LogP contribution >= 0.6 is 31.9 Å². The van der Waals surface area contributed by atoms with Crippen molar-refractivity contribution in [3.63, 3.8) is 0 Å². The number of benzene rings is 1. The Morgan fingerprint density at radius 2 is 1.89 bits per heavy atom. The van der Waals surface area contributed by atoms with Gasteiger partial charge in [-0.1, -0.05) is 41.8 Å². The second-order valence-corrected chi connectivity index (χ2v) is 7.16. The van der Waals surface area contributed by atoms with Crippen LogP contribution in [0, 0.1) is 11.8 Å². The minimum absolute atomic E-state index is 0.465. The Labute approximate surface area is 127 Å². The van der Waals surface area contributed by atoms with E-state index in [1.807, 2.05) is 6.07 Å². The number of hydrogen-bond acceptors (Lipinski definition) is 1. The molecule has 0 spiro atoms. The molecule has 1 unspecified atom stereocenters. The standard InChI is InChI=1S/C15H20Br2O/c1-10-3-5-11(6-4-10)15(17)12-7-8-14(18-2)13(16)9-12/h7-11,15H,3-6H2,1-2H3. The Balaban J connectivity index is 2.08. The molecule has 1 saturated carbocycles. The Morgan fingerprint density at radius 1 is 1.22 bits per heavy atom. The molecule has 1 aliphatic rings. The van der Waals surface area contributed by atoms with Crippen LogP contribution in [0.1, 0.15) is 43.0 Å². The summed E-state index contributed by atoms with van der Waals surface area (Å²) in [7, 11) is 1.70. The molecule has 0 saturated heterocycles. The SMILES string of the molecule is COc1ccc(C(Br)C2CCC(C)CC2)cc1Br. The van der Waals surface area contributed by atoms with E-state index < -0.39 is 0 Å². The highest BCUT2D eigenvalue weighted by atomic mass is 79.9. The largest absolute Gasteiger partial charge is 0.496 e. The van der Waals surface area contributed by atoms with Crippen molar-refractivity contribution in [2.45, 2.75) is 37.4 Å². The highest BCUT2D eigenvalue weighted by Gasteiger charge is 2.25. The van der Waals surface area contributed by atoms with Crippen molar-refractivity contribution in [2.24, 2.45) is 11.8 Å². The van der Waals surface area contributed by atoms with E-state index in [0.29, 0.717) is 4.83 Å². The summed E-state index contributed by atoms with van der Waals surface area (Å²) in [5.74, 6) is 2.57. The van der Waals surface area contributed by atoms with E-state index in [4.69, 9.17) is 4.74 Å². The monoisotopic (exact) mass is 374 g/mol. The summed E-state index contributed by atoms with van der Waals surface area (Å²) in [4.78, 5) is 0.465. The van der Waals surface area contributed by atoms with Gasteiger partial charge in [-0.25, -0.2) is 0 Å². The summed E-state index contributed by atoms with van der Waals surface area (Å²) in [5, 5.41) is 0. The van der Waals surface area contributed by atoms with Crippen molar-refractivity contribution >= 4 is 31.9 Å². The lowest BCUT2D eigenvalue weighted by Gasteiger charge is -2.30. The summed E-state index contributed by atoms with van der Waals surface area (Å²) in [6, 6.07) is 6.39. The van der Waals surface area contributed by atoms with Gasteiger partial charge in [-0.2, -0.15) is 0 Å². The zero-order chi connectivity index (χ0) is 13.1. The number of halogens is 2. The second-order valence-electron chi connectivity index (χ2n) is 5.32. The fourth-order valence-corrected chi connectivity index (χ4v) is 4.08. The summed E-state index contributed by atoms with van der Waals surface area (Å²) < 4.78 is 6.32. The van der Waals surface area contributed by atoms with Gasteiger partial charge in [-0.15, -0.1) is 0 Å². The van der Waals surface area contributed by atoms with E-state index in [9.17, 15) is 0 Å².